The predicted octanol–water partition coefficient (Wildman–Crippen LogP) is 5.93. The van der Waals surface area contributed by atoms with Crippen LogP contribution in [0.3, 0.4) is 0 Å². The van der Waals surface area contributed by atoms with E-state index in [1.165, 1.54) is 41.1 Å². The highest BCUT2D eigenvalue weighted by molar-refractivity contribution is 5.98. The molecule has 0 bridgehead atoms. The molecule has 0 aromatic heterocycles. The van der Waals surface area contributed by atoms with E-state index in [1.54, 1.807) is 38.1 Å². The Hall–Kier alpha value is -6.05. The standard InChI is InChI=1S/C26H35N3O2.C20H18O8/c1-26(2,3)21-9-11-22(12-10-21)29-17-18-31-24(25(29)30)19-20-7-5-6-8-23(20)28-15-13-27(4)14-16-28;1-11-3-7-13(8-4-11)19(25)27-15(17(21)22)16(18(23)24)28-20(26)14-9-5-12(2)6-10-14/h5-12,24H,13-19H2,1-4H3;3-10,15-16H,1-2H3,(H,21,22)(H,23,24)/t24-;15-,16-/m11/s1. The van der Waals surface area contributed by atoms with Crippen molar-refractivity contribution < 1.29 is 48.4 Å². The first-order valence-electron chi connectivity index (χ1n) is 19.6. The van der Waals surface area contributed by atoms with Gasteiger partial charge in [0.1, 0.15) is 6.10 Å². The molecule has 0 unspecified atom stereocenters. The number of amides is 1. The molecule has 1 amide bonds. The minimum atomic E-state index is -2.22. The van der Waals surface area contributed by atoms with E-state index in [0.717, 1.165) is 43.0 Å². The molecule has 4 aromatic rings. The maximum absolute atomic E-state index is 13.3. The molecule has 3 atom stereocenters. The van der Waals surface area contributed by atoms with Crippen molar-refractivity contribution in [2.45, 2.75) is 64.8 Å². The van der Waals surface area contributed by atoms with Gasteiger partial charge in [-0.1, -0.05) is 86.5 Å². The first-order valence-corrected chi connectivity index (χ1v) is 19.6. The first-order chi connectivity index (χ1) is 28.0. The van der Waals surface area contributed by atoms with Gasteiger partial charge >= 0.3 is 23.9 Å². The number of anilines is 2. The van der Waals surface area contributed by atoms with Gasteiger partial charge < -0.3 is 39.1 Å². The van der Waals surface area contributed by atoms with E-state index in [1.807, 2.05) is 4.90 Å². The summed E-state index contributed by atoms with van der Waals surface area (Å²) in [5, 5.41) is 18.6. The van der Waals surface area contributed by atoms with Gasteiger partial charge in [-0.05, 0) is 79.9 Å². The fraction of sp³-hybridized carbons (Fsp3) is 0.370. The molecule has 2 saturated heterocycles. The van der Waals surface area contributed by atoms with Crippen LogP contribution in [-0.4, -0.2) is 110 Å². The normalized spacial score (nSPS) is 16.9. The molecule has 13 heteroatoms. The lowest BCUT2D eigenvalue weighted by molar-refractivity contribution is -0.166. The van der Waals surface area contributed by atoms with Gasteiger partial charge in [-0.25, -0.2) is 19.2 Å². The zero-order chi connectivity index (χ0) is 42.9. The van der Waals surface area contributed by atoms with Gasteiger partial charge in [0.05, 0.1) is 17.7 Å². The second-order valence-corrected chi connectivity index (χ2v) is 15.8. The Morgan fingerprint density at radius 1 is 0.712 bits per heavy atom. The van der Waals surface area contributed by atoms with Crippen LogP contribution in [0.4, 0.5) is 11.4 Å². The molecule has 2 aliphatic heterocycles. The lowest BCUT2D eigenvalue weighted by Gasteiger charge is -2.36. The van der Waals surface area contributed by atoms with Gasteiger partial charge in [0.2, 0.25) is 12.2 Å². The van der Waals surface area contributed by atoms with E-state index in [9.17, 15) is 34.2 Å². The third kappa shape index (κ3) is 11.8. The van der Waals surface area contributed by atoms with Gasteiger partial charge in [-0.2, -0.15) is 0 Å². The van der Waals surface area contributed by atoms with Crippen LogP contribution >= 0.6 is 0 Å². The number of esters is 2. The number of carbonyl (C=O) groups is 5. The summed E-state index contributed by atoms with van der Waals surface area (Å²) in [4.78, 5) is 67.3. The second kappa shape index (κ2) is 19.6. The van der Waals surface area contributed by atoms with Crippen LogP contribution in [0, 0.1) is 13.8 Å². The zero-order valence-corrected chi connectivity index (χ0v) is 34.4. The summed E-state index contributed by atoms with van der Waals surface area (Å²) < 4.78 is 15.6. The van der Waals surface area contributed by atoms with Crippen molar-refractivity contribution in [3.63, 3.8) is 0 Å². The molecule has 0 radical (unpaired) electrons. The highest BCUT2D eigenvalue weighted by atomic mass is 16.6. The van der Waals surface area contributed by atoms with Crippen LogP contribution in [0.5, 0.6) is 0 Å². The van der Waals surface area contributed by atoms with E-state index in [-0.39, 0.29) is 22.4 Å². The number of carbonyl (C=O) groups excluding carboxylic acids is 3. The van der Waals surface area contributed by atoms with E-state index in [2.05, 4.69) is 86.1 Å². The number of morpholine rings is 1. The number of carboxylic acids is 2. The van der Waals surface area contributed by atoms with Crippen LogP contribution < -0.4 is 9.80 Å². The largest absolute Gasteiger partial charge is 0.478 e. The maximum atomic E-state index is 13.3. The Morgan fingerprint density at radius 3 is 1.68 bits per heavy atom. The zero-order valence-electron chi connectivity index (χ0n) is 34.4. The van der Waals surface area contributed by atoms with Crippen molar-refractivity contribution >= 4 is 41.2 Å². The van der Waals surface area contributed by atoms with Crippen molar-refractivity contribution in [3.8, 4) is 0 Å². The molecule has 0 aliphatic carbocycles. The van der Waals surface area contributed by atoms with Crippen LogP contribution in [-0.2, 0) is 40.4 Å². The molecule has 312 valence electrons. The highest BCUT2D eigenvalue weighted by Gasteiger charge is 2.41. The number of aryl methyl sites for hydroxylation is 2. The summed E-state index contributed by atoms with van der Waals surface area (Å²) in [6, 6.07) is 28.9. The van der Waals surface area contributed by atoms with Gasteiger partial charge in [0.15, 0.2) is 0 Å². The van der Waals surface area contributed by atoms with E-state index >= 15 is 0 Å². The number of likely N-dealkylation sites (N-methyl/N-ethyl adjacent to an activating group) is 1. The van der Waals surface area contributed by atoms with E-state index in [4.69, 9.17) is 14.2 Å². The van der Waals surface area contributed by atoms with E-state index in [0.29, 0.717) is 19.6 Å². The summed E-state index contributed by atoms with van der Waals surface area (Å²) >= 11 is 0. The number of nitrogens with zero attached hydrogens (tertiary/aromatic N) is 3. The van der Waals surface area contributed by atoms with Crippen LogP contribution in [0.2, 0.25) is 0 Å². The number of piperazine rings is 1. The average molecular weight is 808 g/mol. The fourth-order valence-electron chi connectivity index (χ4n) is 6.65. The number of para-hydroxylation sites is 1. The molecule has 6 rings (SSSR count). The molecule has 0 saturated carbocycles. The SMILES string of the molecule is CN1CCN(c2ccccc2C[C@H]2OCCN(c3ccc(C(C)(C)C)cc3)C2=O)CC1.Cc1ccc(C(=O)O[C@@H](C(=O)O)[C@@H](OC(=O)c2ccc(C)cc2)C(=O)O)cc1. The lowest BCUT2D eigenvalue weighted by atomic mass is 9.87. The second-order valence-electron chi connectivity index (χ2n) is 15.8. The number of rotatable bonds is 11. The lowest BCUT2D eigenvalue weighted by Crippen LogP contribution is -2.49. The number of aliphatic carboxylic acids is 2. The molecule has 0 spiro atoms. The number of hydrogen-bond donors (Lipinski definition) is 2. The van der Waals surface area contributed by atoms with Gasteiger partial charge in [0.25, 0.3) is 5.91 Å². The van der Waals surface area contributed by atoms with Gasteiger partial charge in [0, 0.05) is 50.5 Å². The molecule has 59 heavy (non-hydrogen) atoms. The Morgan fingerprint density at radius 2 is 1.20 bits per heavy atom. The third-order valence-corrected chi connectivity index (χ3v) is 10.3. The summed E-state index contributed by atoms with van der Waals surface area (Å²) in [6.07, 6.45) is -4.27. The van der Waals surface area contributed by atoms with Gasteiger partial charge in [-0.15, -0.1) is 0 Å². The number of benzene rings is 4. The monoisotopic (exact) mass is 807 g/mol. The highest BCUT2D eigenvalue weighted by Crippen LogP contribution is 2.29. The quantitative estimate of drug-likeness (QED) is 0.172. The molecule has 2 fully saturated rings. The molecular weight excluding hydrogens is 755 g/mol. The molecule has 2 heterocycles. The Labute approximate surface area is 345 Å². The number of hydrogen-bond acceptors (Lipinski definition) is 10. The average Bonchev–Trinajstić information content (AvgIpc) is 3.20. The van der Waals surface area contributed by atoms with Gasteiger partial charge in [-0.3, -0.25) is 4.79 Å². The maximum Gasteiger partial charge on any atom is 0.349 e. The van der Waals surface area contributed by atoms with Crippen molar-refractivity contribution in [1.82, 2.24) is 4.90 Å². The van der Waals surface area contributed by atoms with E-state index < -0.39 is 42.2 Å². The van der Waals surface area contributed by atoms with Crippen LogP contribution in [0.1, 0.15) is 63.7 Å². The minimum Gasteiger partial charge on any atom is -0.478 e. The molecule has 2 N–H and O–H groups in total. The molecule has 4 aromatic carbocycles. The minimum absolute atomic E-state index is 0.0332. The number of ether oxygens (including phenoxy) is 3. The first kappa shape index (κ1) is 44.1. The third-order valence-electron chi connectivity index (χ3n) is 10.3. The fourth-order valence-corrected chi connectivity index (χ4v) is 6.65. The Bertz CT molecular complexity index is 2010. The Kier molecular flexibility index (Phi) is 14.6. The smallest absolute Gasteiger partial charge is 0.349 e. The molecule has 2 aliphatic rings. The van der Waals surface area contributed by atoms with Crippen molar-refractivity contribution in [2.24, 2.45) is 0 Å². The van der Waals surface area contributed by atoms with Crippen molar-refractivity contribution in [2.75, 3.05) is 56.2 Å². The molecule has 13 nitrogen and oxygen atoms in total. The summed E-state index contributed by atoms with van der Waals surface area (Å²) in [5.41, 5.74) is 6.55. The van der Waals surface area contributed by atoms with Crippen molar-refractivity contribution in [3.05, 3.63) is 130 Å². The van der Waals surface area contributed by atoms with Crippen LogP contribution in [0.15, 0.2) is 97.1 Å². The predicted molar refractivity (Wildman–Crippen MR) is 223 cm³/mol. The number of carboxylic acid groups (broad SMARTS) is 2. The topological polar surface area (TPSA) is 163 Å². The summed E-state index contributed by atoms with van der Waals surface area (Å²) in [6.45, 7) is 15.5. The van der Waals surface area contributed by atoms with Crippen molar-refractivity contribution in [1.29, 1.82) is 0 Å². The Balaban J connectivity index is 0.000000226. The molecular formula is C46H53N3O10. The summed E-state index contributed by atoms with van der Waals surface area (Å²) in [7, 11) is 2.17. The van der Waals surface area contributed by atoms with Crippen LogP contribution in [0.25, 0.3) is 0 Å². The summed E-state index contributed by atoms with van der Waals surface area (Å²) in [5.74, 6) is -5.56.